The average Bonchev–Trinajstić information content (AvgIpc) is 2.61. The van der Waals surface area contributed by atoms with Crippen LogP contribution in [-0.4, -0.2) is 28.9 Å². The fourth-order valence-corrected chi connectivity index (χ4v) is 2.08. The first-order chi connectivity index (χ1) is 7.89. The maximum absolute atomic E-state index is 13.1. The van der Waals surface area contributed by atoms with Crippen LogP contribution in [0.1, 0.15) is 30.6 Å². The minimum atomic E-state index is -0.541. The van der Waals surface area contributed by atoms with E-state index in [-0.39, 0.29) is 22.7 Å². The Morgan fingerprint density at radius 1 is 1.59 bits per heavy atom. The Morgan fingerprint density at radius 2 is 2.29 bits per heavy atom. The molecule has 1 fully saturated rings. The highest BCUT2D eigenvalue weighted by Gasteiger charge is 2.33. The van der Waals surface area contributed by atoms with E-state index < -0.39 is 5.82 Å². The molecule has 0 saturated carbocycles. The van der Waals surface area contributed by atoms with Crippen molar-refractivity contribution in [3.8, 4) is 0 Å². The van der Waals surface area contributed by atoms with E-state index in [0.717, 1.165) is 18.7 Å². The number of hydrogen-bond donors (Lipinski definition) is 1. The maximum Gasteiger partial charge on any atom is 0.257 e. The van der Waals surface area contributed by atoms with Gasteiger partial charge in [-0.05, 0) is 17.9 Å². The summed E-state index contributed by atoms with van der Waals surface area (Å²) in [5.41, 5.74) is 5.87. The second-order valence-electron chi connectivity index (χ2n) is 5.23. The Kier molecular flexibility index (Phi) is 2.77. The Labute approximate surface area is 99.6 Å². The normalized spacial score (nSPS) is 18.4. The predicted molar refractivity (Wildman–Crippen MR) is 62.9 cm³/mol. The first-order valence-corrected chi connectivity index (χ1v) is 5.59. The van der Waals surface area contributed by atoms with E-state index >= 15 is 0 Å². The highest BCUT2D eigenvalue weighted by atomic mass is 19.1. The Balaban J connectivity index is 2.23. The van der Waals surface area contributed by atoms with Crippen molar-refractivity contribution in [2.75, 3.05) is 18.8 Å². The van der Waals surface area contributed by atoms with Gasteiger partial charge >= 0.3 is 0 Å². The van der Waals surface area contributed by atoms with Crippen molar-refractivity contribution in [2.24, 2.45) is 5.41 Å². The van der Waals surface area contributed by atoms with Gasteiger partial charge in [-0.2, -0.15) is 0 Å². The molecular formula is C12H16FN3O. The molecule has 1 aliphatic rings. The van der Waals surface area contributed by atoms with Crippen LogP contribution in [0.2, 0.25) is 0 Å². The zero-order chi connectivity index (χ0) is 12.6. The van der Waals surface area contributed by atoms with Crippen molar-refractivity contribution in [3.05, 3.63) is 23.6 Å². The van der Waals surface area contributed by atoms with Crippen molar-refractivity contribution in [1.82, 2.24) is 9.88 Å². The molecule has 2 heterocycles. The molecule has 1 aromatic heterocycles. The lowest BCUT2D eigenvalue weighted by molar-refractivity contribution is 0.0778. The molecule has 0 aliphatic carbocycles. The monoisotopic (exact) mass is 237 g/mol. The lowest BCUT2D eigenvalue weighted by Crippen LogP contribution is -2.31. The number of nitrogen functional groups attached to an aromatic ring is 1. The number of amides is 1. The smallest absolute Gasteiger partial charge is 0.257 e. The Bertz CT molecular complexity index is 459. The quantitative estimate of drug-likeness (QED) is 0.808. The second-order valence-corrected chi connectivity index (χ2v) is 5.23. The number of carbonyl (C=O) groups is 1. The Hall–Kier alpha value is -1.65. The molecule has 2 N–H and O–H groups in total. The lowest BCUT2D eigenvalue weighted by Gasteiger charge is -2.20. The minimum Gasteiger partial charge on any atom is -0.383 e. The third kappa shape index (κ3) is 2.38. The number of nitrogens with two attached hydrogens (primary N) is 1. The van der Waals surface area contributed by atoms with Gasteiger partial charge in [0.1, 0.15) is 11.6 Å². The van der Waals surface area contributed by atoms with Crippen LogP contribution in [-0.2, 0) is 0 Å². The summed E-state index contributed by atoms with van der Waals surface area (Å²) in [6.07, 6.45) is 1.96. The maximum atomic E-state index is 13.1. The molecule has 0 aromatic carbocycles. The third-order valence-electron chi connectivity index (χ3n) is 3.08. The van der Waals surface area contributed by atoms with E-state index in [2.05, 4.69) is 18.8 Å². The lowest BCUT2D eigenvalue weighted by atomic mass is 9.93. The van der Waals surface area contributed by atoms with Crippen LogP contribution in [0, 0.1) is 11.2 Å². The van der Waals surface area contributed by atoms with Crippen LogP contribution in [0.4, 0.5) is 10.2 Å². The van der Waals surface area contributed by atoms with E-state index in [9.17, 15) is 9.18 Å². The summed E-state index contributed by atoms with van der Waals surface area (Å²) < 4.78 is 13.1. The van der Waals surface area contributed by atoms with Gasteiger partial charge in [0.2, 0.25) is 0 Å². The number of aromatic nitrogens is 1. The van der Waals surface area contributed by atoms with E-state index in [1.165, 1.54) is 0 Å². The molecule has 5 heteroatoms. The topological polar surface area (TPSA) is 59.2 Å². The van der Waals surface area contributed by atoms with Crippen molar-refractivity contribution < 1.29 is 9.18 Å². The number of anilines is 1. The van der Waals surface area contributed by atoms with Crippen molar-refractivity contribution >= 4 is 11.7 Å². The zero-order valence-electron chi connectivity index (χ0n) is 10.0. The molecule has 0 bridgehead atoms. The van der Waals surface area contributed by atoms with E-state index in [0.29, 0.717) is 13.1 Å². The first-order valence-electron chi connectivity index (χ1n) is 5.59. The molecule has 0 atom stereocenters. The molecule has 4 nitrogen and oxygen atoms in total. The fourth-order valence-electron chi connectivity index (χ4n) is 2.08. The highest BCUT2D eigenvalue weighted by Crippen LogP contribution is 2.30. The molecule has 1 aliphatic heterocycles. The van der Waals surface area contributed by atoms with Crippen LogP contribution >= 0.6 is 0 Å². The molecule has 2 rings (SSSR count). The van der Waals surface area contributed by atoms with Gasteiger partial charge in [-0.25, -0.2) is 9.37 Å². The van der Waals surface area contributed by atoms with E-state index in [1.807, 2.05) is 0 Å². The summed E-state index contributed by atoms with van der Waals surface area (Å²) in [4.78, 5) is 17.5. The SMILES string of the molecule is CC1(C)CCN(C(=O)c2cc(F)cnc2N)C1. The molecule has 1 aromatic rings. The average molecular weight is 237 g/mol. The van der Waals surface area contributed by atoms with E-state index in [4.69, 9.17) is 5.73 Å². The fraction of sp³-hybridized carbons (Fsp3) is 0.500. The van der Waals surface area contributed by atoms with Gasteiger partial charge in [-0.3, -0.25) is 4.79 Å². The molecule has 1 saturated heterocycles. The standard InChI is InChI=1S/C12H16FN3O/c1-12(2)3-4-16(7-12)11(17)9-5-8(13)6-15-10(9)14/h5-6H,3-4,7H2,1-2H3,(H2,14,15). The summed E-state index contributed by atoms with van der Waals surface area (Å²) in [5, 5.41) is 0. The number of likely N-dealkylation sites (tertiary alicyclic amines) is 1. The molecule has 92 valence electrons. The molecule has 1 amide bonds. The predicted octanol–water partition coefficient (Wildman–Crippen LogP) is 1.68. The van der Waals surface area contributed by atoms with Crippen molar-refractivity contribution in [2.45, 2.75) is 20.3 Å². The molecule has 0 radical (unpaired) electrons. The summed E-state index contributed by atoms with van der Waals surface area (Å²) >= 11 is 0. The summed E-state index contributed by atoms with van der Waals surface area (Å²) in [5.74, 6) is -0.692. The third-order valence-corrected chi connectivity index (χ3v) is 3.08. The van der Waals surface area contributed by atoms with Gasteiger partial charge < -0.3 is 10.6 Å². The number of rotatable bonds is 1. The van der Waals surface area contributed by atoms with Gasteiger partial charge in [0.15, 0.2) is 0 Å². The molecular weight excluding hydrogens is 221 g/mol. The van der Waals surface area contributed by atoms with Crippen LogP contribution in [0.5, 0.6) is 0 Å². The van der Waals surface area contributed by atoms with Crippen molar-refractivity contribution in [3.63, 3.8) is 0 Å². The summed E-state index contributed by atoms with van der Waals surface area (Å²) in [6.45, 7) is 5.56. The molecule has 0 unspecified atom stereocenters. The number of pyridine rings is 1. The number of carbonyl (C=O) groups excluding carboxylic acids is 1. The van der Waals surface area contributed by atoms with Gasteiger partial charge in [-0.1, -0.05) is 13.8 Å². The molecule has 17 heavy (non-hydrogen) atoms. The second kappa shape index (κ2) is 3.98. The summed E-state index contributed by atoms with van der Waals surface area (Å²) in [7, 11) is 0. The highest BCUT2D eigenvalue weighted by molar-refractivity contribution is 5.98. The van der Waals surface area contributed by atoms with E-state index in [1.54, 1.807) is 4.90 Å². The van der Waals surface area contributed by atoms with Gasteiger partial charge in [0, 0.05) is 13.1 Å². The molecule has 0 spiro atoms. The number of hydrogen-bond acceptors (Lipinski definition) is 3. The van der Waals surface area contributed by atoms with Crippen LogP contribution in [0.15, 0.2) is 12.3 Å². The van der Waals surface area contributed by atoms with Gasteiger partial charge in [0.25, 0.3) is 5.91 Å². The van der Waals surface area contributed by atoms with Gasteiger partial charge in [0.05, 0.1) is 11.8 Å². The van der Waals surface area contributed by atoms with Crippen LogP contribution < -0.4 is 5.73 Å². The Morgan fingerprint density at radius 3 is 2.88 bits per heavy atom. The largest absolute Gasteiger partial charge is 0.383 e. The van der Waals surface area contributed by atoms with Gasteiger partial charge in [-0.15, -0.1) is 0 Å². The minimum absolute atomic E-state index is 0.0844. The first kappa shape index (κ1) is 11.8. The number of halogens is 1. The number of nitrogens with zero attached hydrogens (tertiary/aromatic N) is 2. The summed E-state index contributed by atoms with van der Waals surface area (Å²) in [6, 6.07) is 1.15. The van der Waals surface area contributed by atoms with Crippen LogP contribution in [0.3, 0.4) is 0 Å². The van der Waals surface area contributed by atoms with Crippen LogP contribution in [0.25, 0.3) is 0 Å². The van der Waals surface area contributed by atoms with Crippen molar-refractivity contribution in [1.29, 1.82) is 0 Å². The zero-order valence-corrected chi connectivity index (χ0v) is 10.0.